The van der Waals surface area contributed by atoms with Crippen LogP contribution in [0.15, 0.2) is 30.5 Å². The Labute approximate surface area is 267 Å². The summed E-state index contributed by atoms with van der Waals surface area (Å²) in [4.78, 5) is 12.7. The second kappa shape index (κ2) is 15.8. The van der Waals surface area contributed by atoms with Gasteiger partial charge in [-0.25, -0.2) is 4.79 Å². The normalized spacial score (nSPS) is 24.1. The van der Waals surface area contributed by atoms with Crippen molar-refractivity contribution < 1.29 is 23.4 Å². The molecule has 1 aromatic heterocycles. The zero-order valence-electron chi connectivity index (χ0n) is 28.5. The smallest absolute Gasteiger partial charge is 0.345 e. The summed E-state index contributed by atoms with van der Waals surface area (Å²) in [5.41, 5.74) is 1.77. The summed E-state index contributed by atoms with van der Waals surface area (Å²) in [6.07, 6.45) is 12.3. The van der Waals surface area contributed by atoms with Gasteiger partial charge in [-0.1, -0.05) is 66.0 Å². The summed E-state index contributed by atoms with van der Waals surface area (Å²) in [6.45, 7) is 15.4. The van der Waals surface area contributed by atoms with Crippen LogP contribution in [0.3, 0.4) is 0 Å². The third-order valence-corrected chi connectivity index (χ3v) is 15.9. The Morgan fingerprint density at radius 3 is 2.45 bits per heavy atom. The molecule has 0 saturated heterocycles. The number of esters is 1. The van der Waals surface area contributed by atoms with Crippen LogP contribution in [-0.2, 0) is 22.3 Å². The summed E-state index contributed by atoms with van der Waals surface area (Å²) in [6, 6.07) is 11.4. The number of carbonyl (C=O) groups excluding carboxylic acids is 1. The lowest BCUT2D eigenvalue weighted by Crippen LogP contribution is -2.48. The molecule has 2 aliphatic carbocycles. The lowest BCUT2D eigenvalue weighted by molar-refractivity contribution is -0.0203. The minimum absolute atomic E-state index is 0.312. The number of methoxy groups -OCH3 is 1. The molecule has 5 atom stereocenters. The molecule has 0 spiro atoms. The van der Waals surface area contributed by atoms with E-state index in [1.165, 1.54) is 56.7 Å². The molecule has 1 heterocycles. The van der Waals surface area contributed by atoms with Gasteiger partial charge in [-0.15, -0.1) is 5.10 Å². The first-order valence-electron chi connectivity index (χ1n) is 17.4. The SMILES string of the molecule is CCOC(=O)c1cn(CCCCC(C)[C@H]2CC[C@H]3[C@@H](O[Si](CC)(CC)CC)CCC[C@]23C)nc1OCc1ccc(OC)cc1. The van der Waals surface area contributed by atoms with Crippen molar-refractivity contribution in [1.82, 2.24) is 9.78 Å². The Morgan fingerprint density at radius 2 is 1.80 bits per heavy atom. The van der Waals surface area contributed by atoms with Gasteiger partial charge in [-0.05, 0) is 98.0 Å². The average Bonchev–Trinajstić information content (AvgIpc) is 3.62. The zero-order chi connectivity index (χ0) is 31.7. The van der Waals surface area contributed by atoms with Gasteiger partial charge in [0, 0.05) is 18.8 Å². The van der Waals surface area contributed by atoms with Crippen molar-refractivity contribution in [3.63, 3.8) is 0 Å². The zero-order valence-corrected chi connectivity index (χ0v) is 29.5. The number of aromatic nitrogens is 2. The van der Waals surface area contributed by atoms with Gasteiger partial charge < -0.3 is 18.6 Å². The maximum Gasteiger partial charge on any atom is 0.345 e. The van der Waals surface area contributed by atoms with Crippen LogP contribution in [0.2, 0.25) is 18.1 Å². The second-order valence-electron chi connectivity index (χ2n) is 13.5. The predicted molar refractivity (Wildman–Crippen MR) is 179 cm³/mol. The standard InChI is InChI=1S/C36H58N2O5Si/c1-8-41-35(39)30-25-38(37-34(30)42-26-28-17-19-29(40-7)20-18-28)24-13-12-15-27(5)31-21-22-32-33(16-14-23-36(31,32)6)43-44(9-2,10-3)11-4/h17-20,25,27,31-33H,8-16,21-24,26H2,1-7H3/t27?,31-,32+,33+,36-/m1/s1. The van der Waals surface area contributed by atoms with Gasteiger partial charge in [0.25, 0.3) is 0 Å². The van der Waals surface area contributed by atoms with Crippen LogP contribution >= 0.6 is 0 Å². The number of unbranched alkanes of at least 4 members (excludes halogenated alkanes) is 1. The topological polar surface area (TPSA) is 71.8 Å². The molecule has 2 aliphatic rings. The van der Waals surface area contributed by atoms with Crippen molar-refractivity contribution in [2.75, 3.05) is 13.7 Å². The Morgan fingerprint density at radius 1 is 1.07 bits per heavy atom. The second-order valence-corrected chi connectivity index (χ2v) is 18.3. The molecule has 1 aromatic carbocycles. The van der Waals surface area contributed by atoms with Crippen LogP contribution in [-0.4, -0.2) is 43.9 Å². The highest BCUT2D eigenvalue weighted by Crippen LogP contribution is 2.59. The molecule has 1 unspecified atom stereocenters. The lowest BCUT2D eigenvalue weighted by Gasteiger charge is -2.49. The van der Waals surface area contributed by atoms with Crippen molar-refractivity contribution in [2.24, 2.45) is 23.2 Å². The van der Waals surface area contributed by atoms with E-state index in [0.29, 0.717) is 42.1 Å². The van der Waals surface area contributed by atoms with Gasteiger partial charge in [0.05, 0.1) is 13.7 Å². The van der Waals surface area contributed by atoms with Crippen molar-refractivity contribution in [3.8, 4) is 11.6 Å². The number of aryl methyl sites for hydroxylation is 1. The van der Waals surface area contributed by atoms with Crippen LogP contribution < -0.4 is 9.47 Å². The van der Waals surface area contributed by atoms with Crippen molar-refractivity contribution in [2.45, 2.75) is 130 Å². The van der Waals surface area contributed by atoms with Gasteiger partial charge in [0.2, 0.25) is 5.88 Å². The molecular formula is C36H58N2O5Si. The molecule has 0 radical (unpaired) electrons. The molecule has 44 heavy (non-hydrogen) atoms. The molecular weight excluding hydrogens is 568 g/mol. The molecule has 4 rings (SSSR count). The summed E-state index contributed by atoms with van der Waals surface area (Å²) >= 11 is 0. The van der Waals surface area contributed by atoms with E-state index in [1.807, 2.05) is 35.9 Å². The highest BCUT2D eigenvalue weighted by molar-refractivity contribution is 6.73. The molecule has 246 valence electrons. The summed E-state index contributed by atoms with van der Waals surface area (Å²) in [5, 5.41) is 4.64. The molecule has 0 amide bonds. The first-order valence-corrected chi connectivity index (χ1v) is 19.9. The first-order chi connectivity index (χ1) is 21.2. The van der Waals surface area contributed by atoms with Crippen LogP contribution in [0.5, 0.6) is 11.6 Å². The first kappa shape index (κ1) is 34.5. The van der Waals surface area contributed by atoms with E-state index in [2.05, 4.69) is 39.7 Å². The van der Waals surface area contributed by atoms with Gasteiger partial charge in [0.15, 0.2) is 8.32 Å². The van der Waals surface area contributed by atoms with E-state index < -0.39 is 14.3 Å². The number of nitrogens with zero attached hydrogens (tertiary/aromatic N) is 2. The lowest BCUT2D eigenvalue weighted by atomic mass is 9.61. The Bertz CT molecular complexity index is 1170. The van der Waals surface area contributed by atoms with E-state index >= 15 is 0 Å². The van der Waals surface area contributed by atoms with Crippen LogP contribution in [0.25, 0.3) is 0 Å². The summed E-state index contributed by atoms with van der Waals surface area (Å²) in [5.74, 6) is 2.92. The van der Waals surface area contributed by atoms with E-state index in [-0.39, 0.29) is 0 Å². The third-order valence-electron chi connectivity index (χ3n) is 11.2. The van der Waals surface area contributed by atoms with E-state index in [0.717, 1.165) is 42.5 Å². The number of rotatable bonds is 17. The molecule has 8 heteroatoms. The molecule has 0 bridgehead atoms. The van der Waals surface area contributed by atoms with Gasteiger partial charge in [-0.3, -0.25) is 4.68 Å². The molecule has 0 aliphatic heterocycles. The minimum atomic E-state index is -1.60. The Kier molecular flexibility index (Phi) is 12.4. The van der Waals surface area contributed by atoms with Gasteiger partial charge >= 0.3 is 5.97 Å². The number of hydrogen-bond donors (Lipinski definition) is 0. The summed E-state index contributed by atoms with van der Waals surface area (Å²) in [7, 11) is 0.0503. The average molecular weight is 627 g/mol. The van der Waals surface area contributed by atoms with E-state index in [1.54, 1.807) is 13.3 Å². The number of ether oxygens (including phenoxy) is 3. The molecule has 2 fully saturated rings. The van der Waals surface area contributed by atoms with Crippen LogP contribution in [0.1, 0.15) is 109 Å². The maximum absolute atomic E-state index is 12.7. The fourth-order valence-electron chi connectivity index (χ4n) is 8.35. The molecule has 2 saturated carbocycles. The van der Waals surface area contributed by atoms with Gasteiger partial charge in [0.1, 0.15) is 17.9 Å². The number of hydrogen-bond acceptors (Lipinski definition) is 6. The van der Waals surface area contributed by atoms with Crippen molar-refractivity contribution >= 4 is 14.3 Å². The predicted octanol–water partition coefficient (Wildman–Crippen LogP) is 9.06. The van der Waals surface area contributed by atoms with Gasteiger partial charge in [-0.2, -0.15) is 0 Å². The highest BCUT2D eigenvalue weighted by Gasteiger charge is 2.53. The minimum Gasteiger partial charge on any atom is -0.497 e. The molecule has 0 N–H and O–H groups in total. The number of fused-ring (bicyclic) bond motifs is 1. The number of benzene rings is 1. The number of carbonyl (C=O) groups is 1. The largest absolute Gasteiger partial charge is 0.497 e. The molecule has 2 aromatic rings. The van der Waals surface area contributed by atoms with Crippen molar-refractivity contribution in [1.29, 1.82) is 0 Å². The van der Waals surface area contributed by atoms with E-state index in [9.17, 15) is 4.79 Å². The molecule has 7 nitrogen and oxygen atoms in total. The quantitative estimate of drug-likeness (QED) is 0.0991. The monoisotopic (exact) mass is 626 g/mol. The summed E-state index contributed by atoms with van der Waals surface area (Å²) < 4.78 is 25.5. The van der Waals surface area contributed by atoms with E-state index in [4.69, 9.17) is 18.6 Å². The fraction of sp³-hybridized carbons (Fsp3) is 0.722. The Balaban J connectivity index is 1.31. The third kappa shape index (κ3) is 7.90. The Hall–Kier alpha value is -2.32. The fourth-order valence-corrected chi connectivity index (χ4v) is 11.3. The van der Waals surface area contributed by atoms with Crippen molar-refractivity contribution in [3.05, 3.63) is 41.6 Å². The highest BCUT2D eigenvalue weighted by atomic mass is 28.4. The van der Waals surface area contributed by atoms with Crippen LogP contribution in [0.4, 0.5) is 0 Å². The van der Waals surface area contributed by atoms with Crippen LogP contribution in [0, 0.1) is 23.2 Å². The maximum atomic E-state index is 12.7.